The SMILES string of the molecule is Cc1ccc(NCc2nc[nH]c2C)cc1[N+](=O)[O-]. The Morgan fingerprint density at radius 1 is 1.44 bits per heavy atom. The Morgan fingerprint density at radius 3 is 2.83 bits per heavy atom. The van der Waals surface area contributed by atoms with Gasteiger partial charge in [0.15, 0.2) is 0 Å². The summed E-state index contributed by atoms with van der Waals surface area (Å²) in [5, 5.41) is 13.9. The minimum atomic E-state index is -0.375. The molecule has 0 fully saturated rings. The smallest absolute Gasteiger partial charge is 0.274 e. The van der Waals surface area contributed by atoms with Crippen LogP contribution in [0.25, 0.3) is 0 Å². The van der Waals surface area contributed by atoms with Gasteiger partial charge in [-0.2, -0.15) is 0 Å². The average Bonchev–Trinajstić information content (AvgIpc) is 2.73. The molecular weight excluding hydrogens is 232 g/mol. The van der Waals surface area contributed by atoms with Crippen molar-refractivity contribution in [2.75, 3.05) is 5.32 Å². The summed E-state index contributed by atoms with van der Waals surface area (Å²) in [5.41, 5.74) is 3.39. The van der Waals surface area contributed by atoms with Gasteiger partial charge in [0.1, 0.15) is 0 Å². The van der Waals surface area contributed by atoms with Crippen molar-refractivity contribution in [3.05, 3.63) is 51.6 Å². The fourth-order valence-electron chi connectivity index (χ4n) is 1.67. The van der Waals surface area contributed by atoms with Gasteiger partial charge >= 0.3 is 0 Å². The van der Waals surface area contributed by atoms with Crippen molar-refractivity contribution in [2.24, 2.45) is 0 Å². The van der Waals surface area contributed by atoms with Gasteiger partial charge in [-0.25, -0.2) is 4.98 Å². The Balaban J connectivity index is 2.13. The van der Waals surface area contributed by atoms with Gasteiger partial charge in [-0.1, -0.05) is 6.07 Å². The Hall–Kier alpha value is -2.37. The number of nitrogens with one attached hydrogen (secondary N) is 2. The number of rotatable bonds is 4. The van der Waals surface area contributed by atoms with Crippen molar-refractivity contribution >= 4 is 11.4 Å². The lowest BCUT2D eigenvalue weighted by Gasteiger charge is -2.06. The lowest BCUT2D eigenvalue weighted by Crippen LogP contribution is -2.02. The van der Waals surface area contributed by atoms with E-state index in [0.717, 1.165) is 17.1 Å². The molecule has 0 spiro atoms. The zero-order valence-corrected chi connectivity index (χ0v) is 10.2. The highest BCUT2D eigenvalue weighted by Crippen LogP contribution is 2.22. The molecule has 0 atom stereocenters. The zero-order chi connectivity index (χ0) is 13.1. The number of anilines is 1. The van der Waals surface area contributed by atoms with Gasteiger partial charge in [0.2, 0.25) is 0 Å². The molecule has 94 valence electrons. The minimum absolute atomic E-state index is 0.124. The van der Waals surface area contributed by atoms with E-state index in [4.69, 9.17) is 0 Å². The van der Waals surface area contributed by atoms with Crippen LogP contribution < -0.4 is 5.32 Å². The van der Waals surface area contributed by atoms with E-state index in [1.54, 1.807) is 19.3 Å². The third kappa shape index (κ3) is 2.48. The highest BCUT2D eigenvalue weighted by molar-refractivity contribution is 5.54. The number of aromatic amines is 1. The van der Waals surface area contributed by atoms with Gasteiger partial charge in [-0.3, -0.25) is 10.1 Å². The van der Waals surface area contributed by atoms with E-state index in [0.29, 0.717) is 12.1 Å². The second-order valence-corrected chi connectivity index (χ2v) is 4.09. The van der Waals surface area contributed by atoms with Crippen molar-refractivity contribution in [1.82, 2.24) is 9.97 Å². The minimum Gasteiger partial charge on any atom is -0.379 e. The molecule has 1 aromatic carbocycles. The highest BCUT2D eigenvalue weighted by Gasteiger charge is 2.11. The summed E-state index contributed by atoms with van der Waals surface area (Å²) >= 11 is 0. The van der Waals surface area contributed by atoms with Gasteiger partial charge in [0.05, 0.1) is 23.5 Å². The number of nitro groups is 1. The quantitative estimate of drug-likeness (QED) is 0.641. The highest BCUT2D eigenvalue weighted by atomic mass is 16.6. The predicted molar refractivity (Wildman–Crippen MR) is 68.5 cm³/mol. The van der Waals surface area contributed by atoms with Gasteiger partial charge in [0.25, 0.3) is 5.69 Å². The summed E-state index contributed by atoms with van der Waals surface area (Å²) in [6.07, 6.45) is 1.63. The molecular formula is C12H14N4O2. The Bertz CT molecular complexity index is 577. The number of benzene rings is 1. The molecule has 0 saturated carbocycles. The molecule has 0 amide bonds. The fourth-order valence-corrected chi connectivity index (χ4v) is 1.67. The second-order valence-electron chi connectivity index (χ2n) is 4.09. The van der Waals surface area contributed by atoms with Crippen molar-refractivity contribution in [3.63, 3.8) is 0 Å². The summed E-state index contributed by atoms with van der Waals surface area (Å²) < 4.78 is 0. The molecule has 1 heterocycles. The molecule has 1 aromatic heterocycles. The molecule has 0 aliphatic rings. The van der Waals surface area contributed by atoms with E-state index in [1.165, 1.54) is 6.07 Å². The molecule has 0 radical (unpaired) electrons. The van der Waals surface area contributed by atoms with Gasteiger partial charge in [0, 0.05) is 23.0 Å². The summed E-state index contributed by atoms with van der Waals surface area (Å²) in [6, 6.07) is 5.10. The number of aryl methyl sites for hydroxylation is 2. The standard InChI is InChI=1S/C12H14N4O2/c1-8-3-4-10(5-12(8)16(17)18)13-6-11-9(2)14-7-15-11/h3-5,7,13H,6H2,1-2H3,(H,14,15). The van der Waals surface area contributed by atoms with Crippen molar-refractivity contribution in [1.29, 1.82) is 0 Å². The Morgan fingerprint density at radius 2 is 2.22 bits per heavy atom. The first-order chi connectivity index (χ1) is 8.58. The third-order valence-corrected chi connectivity index (χ3v) is 2.80. The number of H-pyrrole nitrogens is 1. The van der Waals surface area contributed by atoms with Gasteiger partial charge < -0.3 is 10.3 Å². The fraction of sp³-hybridized carbons (Fsp3) is 0.250. The molecule has 6 nitrogen and oxygen atoms in total. The monoisotopic (exact) mass is 246 g/mol. The van der Waals surface area contributed by atoms with Gasteiger partial charge in [-0.05, 0) is 19.9 Å². The van der Waals surface area contributed by atoms with Crippen LogP contribution >= 0.6 is 0 Å². The van der Waals surface area contributed by atoms with Crippen LogP contribution in [-0.2, 0) is 6.54 Å². The molecule has 0 aliphatic carbocycles. The second kappa shape index (κ2) is 4.87. The van der Waals surface area contributed by atoms with Crippen LogP contribution in [0.1, 0.15) is 17.0 Å². The normalized spacial score (nSPS) is 10.3. The van der Waals surface area contributed by atoms with Crippen LogP contribution in [0.15, 0.2) is 24.5 Å². The van der Waals surface area contributed by atoms with Gasteiger partial charge in [-0.15, -0.1) is 0 Å². The summed E-state index contributed by atoms with van der Waals surface area (Å²) in [7, 11) is 0. The van der Waals surface area contributed by atoms with Crippen LogP contribution in [0.5, 0.6) is 0 Å². The molecule has 2 aromatic rings. The number of aromatic nitrogens is 2. The lowest BCUT2D eigenvalue weighted by atomic mass is 10.2. The topological polar surface area (TPSA) is 83.8 Å². The largest absolute Gasteiger partial charge is 0.379 e. The number of hydrogen-bond donors (Lipinski definition) is 2. The van der Waals surface area contributed by atoms with Crippen molar-refractivity contribution < 1.29 is 4.92 Å². The molecule has 0 unspecified atom stereocenters. The van der Waals surface area contributed by atoms with Crippen LogP contribution in [0.4, 0.5) is 11.4 Å². The predicted octanol–water partition coefficient (Wildman–Crippen LogP) is 2.55. The van der Waals surface area contributed by atoms with E-state index in [-0.39, 0.29) is 10.6 Å². The van der Waals surface area contributed by atoms with Crippen LogP contribution in [-0.4, -0.2) is 14.9 Å². The molecule has 2 N–H and O–H groups in total. The lowest BCUT2D eigenvalue weighted by molar-refractivity contribution is -0.385. The van der Waals surface area contributed by atoms with Crippen LogP contribution in [0.2, 0.25) is 0 Å². The summed E-state index contributed by atoms with van der Waals surface area (Å²) in [5.74, 6) is 0. The average molecular weight is 246 g/mol. The van der Waals surface area contributed by atoms with E-state index in [1.807, 2.05) is 13.0 Å². The Kier molecular flexibility index (Phi) is 3.27. The maximum Gasteiger partial charge on any atom is 0.274 e. The maximum absolute atomic E-state index is 10.8. The first kappa shape index (κ1) is 12.1. The summed E-state index contributed by atoms with van der Waals surface area (Å²) in [4.78, 5) is 17.6. The number of imidazole rings is 1. The van der Waals surface area contributed by atoms with E-state index in [9.17, 15) is 10.1 Å². The molecule has 2 rings (SSSR count). The number of hydrogen-bond acceptors (Lipinski definition) is 4. The van der Waals surface area contributed by atoms with Crippen LogP contribution in [0, 0.1) is 24.0 Å². The number of nitro benzene ring substituents is 1. The maximum atomic E-state index is 10.8. The van der Waals surface area contributed by atoms with E-state index >= 15 is 0 Å². The molecule has 0 aliphatic heterocycles. The molecule has 6 heteroatoms. The Labute approximate surface area is 104 Å². The van der Waals surface area contributed by atoms with E-state index in [2.05, 4.69) is 15.3 Å². The number of nitrogens with zero attached hydrogens (tertiary/aromatic N) is 2. The molecule has 0 bridgehead atoms. The molecule has 0 saturated heterocycles. The summed E-state index contributed by atoms with van der Waals surface area (Å²) in [6.45, 7) is 4.19. The molecule has 18 heavy (non-hydrogen) atoms. The van der Waals surface area contributed by atoms with Crippen molar-refractivity contribution in [3.8, 4) is 0 Å². The van der Waals surface area contributed by atoms with Crippen LogP contribution in [0.3, 0.4) is 0 Å². The van der Waals surface area contributed by atoms with Crippen molar-refractivity contribution in [2.45, 2.75) is 20.4 Å². The zero-order valence-electron chi connectivity index (χ0n) is 10.2. The third-order valence-electron chi connectivity index (χ3n) is 2.80. The van der Waals surface area contributed by atoms with E-state index < -0.39 is 0 Å². The first-order valence-electron chi connectivity index (χ1n) is 5.55. The first-order valence-corrected chi connectivity index (χ1v) is 5.55.